The van der Waals surface area contributed by atoms with E-state index < -0.39 is 10.0 Å². The van der Waals surface area contributed by atoms with Crippen LogP contribution in [0.3, 0.4) is 0 Å². The minimum Gasteiger partial charge on any atom is -0.495 e. The van der Waals surface area contributed by atoms with Gasteiger partial charge in [0.25, 0.3) is 0 Å². The molecule has 1 aliphatic rings. The van der Waals surface area contributed by atoms with Crippen LogP contribution in [0.1, 0.15) is 36.9 Å². The molecule has 0 radical (unpaired) electrons. The maximum atomic E-state index is 13.3. The summed E-state index contributed by atoms with van der Waals surface area (Å²) in [6, 6.07) is 12.3. The monoisotopic (exact) mass is 388 g/mol. The Balaban J connectivity index is 1.98. The number of amides is 1. The van der Waals surface area contributed by atoms with Crippen LogP contribution in [0.15, 0.2) is 47.4 Å². The zero-order valence-electron chi connectivity index (χ0n) is 15.7. The number of methoxy groups -OCH3 is 1. The summed E-state index contributed by atoms with van der Waals surface area (Å²) in [5, 5.41) is 2.62. The summed E-state index contributed by atoms with van der Waals surface area (Å²) in [5.74, 6) is 0.118. The van der Waals surface area contributed by atoms with Crippen LogP contribution < -0.4 is 10.1 Å². The van der Waals surface area contributed by atoms with Crippen molar-refractivity contribution in [2.75, 3.05) is 19.5 Å². The van der Waals surface area contributed by atoms with Gasteiger partial charge in [0.1, 0.15) is 5.75 Å². The smallest absolute Gasteiger partial charge is 0.243 e. The fraction of sp³-hybridized carbons (Fsp3) is 0.350. The Morgan fingerprint density at radius 3 is 2.67 bits per heavy atom. The van der Waals surface area contributed by atoms with Crippen LogP contribution in [0.25, 0.3) is 0 Å². The molecule has 7 heteroatoms. The molecule has 0 fully saturated rings. The van der Waals surface area contributed by atoms with Crippen molar-refractivity contribution in [3.05, 3.63) is 53.6 Å². The average Bonchev–Trinajstić information content (AvgIpc) is 2.66. The molecule has 3 rings (SSSR count). The van der Waals surface area contributed by atoms with Gasteiger partial charge in [-0.2, -0.15) is 4.31 Å². The second-order valence-electron chi connectivity index (χ2n) is 6.67. The lowest BCUT2D eigenvalue weighted by Gasteiger charge is -2.32. The molecular weight excluding hydrogens is 364 g/mol. The fourth-order valence-electron chi connectivity index (χ4n) is 3.57. The predicted octanol–water partition coefficient (Wildman–Crippen LogP) is 3.35. The number of nitrogens with one attached hydrogen (secondary N) is 1. The summed E-state index contributed by atoms with van der Waals surface area (Å²) in [7, 11) is -0.651. The molecule has 6 nitrogen and oxygen atoms in total. The summed E-state index contributed by atoms with van der Waals surface area (Å²) in [6.07, 6.45) is 2.69. The number of hydrogen-bond donors (Lipinski definition) is 1. The first-order chi connectivity index (χ1) is 12.8. The normalized spacial score (nSPS) is 16.7. The number of carbonyl (C=O) groups is 1. The molecule has 0 saturated heterocycles. The van der Waals surface area contributed by atoms with Crippen molar-refractivity contribution < 1.29 is 17.9 Å². The Hall–Kier alpha value is -2.38. The summed E-state index contributed by atoms with van der Waals surface area (Å²) >= 11 is 0. The highest BCUT2D eigenvalue weighted by Gasteiger charge is 2.32. The molecule has 1 aliphatic carbocycles. The van der Waals surface area contributed by atoms with E-state index in [2.05, 4.69) is 11.4 Å². The van der Waals surface area contributed by atoms with Crippen molar-refractivity contribution in [1.29, 1.82) is 0 Å². The number of anilines is 1. The van der Waals surface area contributed by atoms with E-state index in [9.17, 15) is 13.2 Å². The Morgan fingerprint density at radius 2 is 1.96 bits per heavy atom. The van der Waals surface area contributed by atoms with Crippen molar-refractivity contribution in [2.24, 2.45) is 0 Å². The first-order valence-electron chi connectivity index (χ1n) is 8.86. The predicted molar refractivity (Wildman–Crippen MR) is 104 cm³/mol. The van der Waals surface area contributed by atoms with Crippen LogP contribution in [-0.4, -0.2) is 32.8 Å². The molecule has 2 aromatic carbocycles. The SMILES string of the molecule is COc1ccc(S(=O)(=O)N(C)[C@H]2CCCc3ccccc32)cc1NC(C)=O. The molecule has 0 aromatic heterocycles. The fourth-order valence-corrected chi connectivity index (χ4v) is 4.97. The van der Waals surface area contributed by atoms with Gasteiger partial charge in [-0.25, -0.2) is 8.42 Å². The molecule has 0 heterocycles. The lowest BCUT2D eigenvalue weighted by molar-refractivity contribution is -0.114. The van der Waals surface area contributed by atoms with E-state index in [0.29, 0.717) is 11.4 Å². The molecule has 144 valence electrons. The standard InChI is InChI=1S/C20H24N2O4S/c1-14(23)21-18-13-16(11-12-20(18)26-3)27(24,25)22(2)19-10-6-8-15-7-4-5-9-17(15)19/h4-5,7,9,11-13,19H,6,8,10H2,1-3H3,(H,21,23)/t19-/m0/s1. The Bertz CT molecular complexity index is 956. The second kappa shape index (κ2) is 7.70. The number of carbonyl (C=O) groups excluding carboxylic acids is 1. The summed E-state index contributed by atoms with van der Waals surface area (Å²) in [6.45, 7) is 1.37. The molecule has 1 amide bonds. The molecule has 2 aromatic rings. The average molecular weight is 388 g/mol. The molecular formula is C20H24N2O4S. The third-order valence-electron chi connectivity index (χ3n) is 4.94. The van der Waals surface area contributed by atoms with E-state index in [0.717, 1.165) is 24.8 Å². The minimum atomic E-state index is -3.74. The first kappa shape index (κ1) is 19.4. The van der Waals surface area contributed by atoms with Gasteiger partial charge in [-0.3, -0.25) is 4.79 Å². The zero-order chi connectivity index (χ0) is 19.6. The summed E-state index contributed by atoms with van der Waals surface area (Å²) in [4.78, 5) is 11.6. The van der Waals surface area contributed by atoms with Crippen LogP contribution in [0.4, 0.5) is 5.69 Å². The Labute approximate surface area is 160 Å². The molecule has 0 bridgehead atoms. The zero-order valence-corrected chi connectivity index (χ0v) is 16.5. The highest BCUT2D eigenvalue weighted by molar-refractivity contribution is 7.89. The molecule has 0 spiro atoms. The molecule has 1 N–H and O–H groups in total. The van der Waals surface area contributed by atoms with Crippen LogP contribution >= 0.6 is 0 Å². The lowest BCUT2D eigenvalue weighted by Crippen LogP contribution is -2.33. The van der Waals surface area contributed by atoms with Gasteiger partial charge in [-0.1, -0.05) is 24.3 Å². The number of nitrogens with zero attached hydrogens (tertiary/aromatic N) is 1. The van der Waals surface area contributed by atoms with Crippen LogP contribution in [0.2, 0.25) is 0 Å². The number of benzene rings is 2. The van der Waals surface area contributed by atoms with E-state index in [1.807, 2.05) is 18.2 Å². The van der Waals surface area contributed by atoms with Crippen molar-refractivity contribution in [3.63, 3.8) is 0 Å². The van der Waals surface area contributed by atoms with E-state index in [-0.39, 0.29) is 16.8 Å². The van der Waals surface area contributed by atoms with Crippen LogP contribution in [0.5, 0.6) is 5.75 Å². The molecule has 0 saturated carbocycles. The van der Waals surface area contributed by atoms with E-state index in [4.69, 9.17) is 4.74 Å². The number of ether oxygens (including phenoxy) is 1. The number of hydrogen-bond acceptors (Lipinski definition) is 4. The number of rotatable bonds is 5. The van der Waals surface area contributed by atoms with Gasteiger partial charge in [0.2, 0.25) is 15.9 Å². The largest absolute Gasteiger partial charge is 0.495 e. The van der Waals surface area contributed by atoms with Crippen molar-refractivity contribution >= 4 is 21.6 Å². The maximum absolute atomic E-state index is 13.3. The molecule has 27 heavy (non-hydrogen) atoms. The Morgan fingerprint density at radius 1 is 1.22 bits per heavy atom. The van der Waals surface area contributed by atoms with Crippen molar-refractivity contribution in [2.45, 2.75) is 37.1 Å². The van der Waals surface area contributed by atoms with Gasteiger partial charge in [-0.05, 0) is 48.6 Å². The third-order valence-corrected chi connectivity index (χ3v) is 6.80. The van der Waals surface area contributed by atoms with Crippen LogP contribution in [0, 0.1) is 0 Å². The maximum Gasteiger partial charge on any atom is 0.243 e. The minimum absolute atomic E-state index is 0.123. The third kappa shape index (κ3) is 3.84. The van der Waals surface area contributed by atoms with Gasteiger partial charge in [0.15, 0.2) is 0 Å². The van der Waals surface area contributed by atoms with Gasteiger partial charge in [0, 0.05) is 20.0 Å². The van der Waals surface area contributed by atoms with Crippen LogP contribution in [-0.2, 0) is 21.2 Å². The Kier molecular flexibility index (Phi) is 5.53. The molecule has 0 aliphatic heterocycles. The highest BCUT2D eigenvalue weighted by Crippen LogP contribution is 2.37. The molecule has 1 atom stereocenters. The summed E-state index contributed by atoms with van der Waals surface area (Å²) < 4.78 is 33.2. The second-order valence-corrected chi connectivity index (χ2v) is 8.67. The number of aryl methyl sites for hydroxylation is 1. The van der Waals surface area contributed by atoms with Gasteiger partial charge >= 0.3 is 0 Å². The van der Waals surface area contributed by atoms with E-state index in [1.54, 1.807) is 13.1 Å². The lowest BCUT2D eigenvalue weighted by atomic mass is 9.88. The van der Waals surface area contributed by atoms with E-state index >= 15 is 0 Å². The summed E-state index contributed by atoms with van der Waals surface area (Å²) in [5.41, 5.74) is 2.60. The highest BCUT2D eigenvalue weighted by atomic mass is 32.2. The molecule has 0 unspecified atom stereocenters. The van der Waals surface area contributed by atoms with Crippen molar-refractivity contribution in [3.8, 4) is 5.75 Å². The van der Waals surface area contributed by atoms with Gasteiger partial charge in [0.05, 0.1) is 17.7 Å². The first-order valence-corrected chi connectivity index (χ1v) is 10.3. The number of fused-ring (bicyclic) bond motifs is 1. The van der Waals surface area contributed by atoms with Crippen molar-refractivity contribution in [1.82, 2.24) is 4.31 Å². The topological polar surface area (TPSA) is 75.7 Å². The van der Waals surface area contributed by atoms with Gasteiger partial charge in [-0.15, -0.1) is 0 Å². The van der Waals surface area contributed by atoms with E-state index in [1.165, 1.54) is 36.0 Å². The quantitative estimate of drug-likeness (QED) is 0.852. The number of sulfonamides is 1. The van der Waals surface area contributed by atoms with Gasteiger partial charge < -0.3 is 10.1 Å².